The number of hydrogen-bond acceptors (Lipinski definition) is 2. The molecule has 1 aromatic carbocycles. The summed E-state index contributed by atoms with van der Waals surface area (Å²) in [5.74, 6) is 0. The van der Waals surface area contributed by atoms with Crippen LogP contribution in [0.5, 0.6) is 0 Å². The van der Waals surface area contributed by atoms with Crippen molar-refractivity contribution in [3.05, 3.63) is 52.2 Å². The molecule has 2 aromatic rings. The first-order chi connectivity index (χ1) is 10.2. The minimum absolute atomic E-state index is 0.0309. The largest absolute Gasteiger partial charge is 0.322 e. The molecule has 1 N–H and O–H groups in total. The number of nitrogens with zero attached hydrogens (tertiary/aromatic N) is 1. The number of rotatable bonds is 5. The Morgan fingerprint density at radius 1 is 1.29 bits per heavy atom. The van der Waals surface area contributed by atoms with Crippen molar-refractivity contribution in [1.82, 2.24) is 4.90 Å². The maximum absolute atomic E-state index is 12.5. The Hall–Kier alpha value is -1.81. The predicted molar refractivity (Wildman–Crippen MR) is 87.9 cm³/mol. The summed E-state index contributed by atoms with van der Waals surface area (Å²) < 4.78 is 0. The quantitative estimate of drug-likeness (QED) is 0.877. The van der Waals surface area contributed by atoms with E-state index in [1.54, 1.807) is 11.3 Å². The number of carbonyl (C=O) groups is 1. The molecule has 0 bridgehead atoms. The van der Waals surface area contributed by atoms with Gasteiger partial charge >= 0.3 is 6.03 Å². The molecule has 1 aliphatic carbocycles. The van der Waals surface area contributed by atoms with Gasteiger partial charge in [0.15, 0.2) is 0 Å². The summed E-state index contributed by atoms with van der Waals surface area (Å²) in [5.41, 5.74) is 2.00. The van der Waals surface area contributed by atoms with Crippen molar-refractivity contribution in [2.75, 3.05) is 11.9 Å². The fourth-order valence-corrected chi connectivity index (χ4v) is 3.12. The zero-order chi connectivity index (χ0) is 14.7. The van der Waals surface area contributed by atoms with Crippen LogP contribution in [0.25, 0.3) is 0 Å². The van der Waals surface area contributed by atoms with Crippen LogP contribution in [-0.2, 0) is 6.42 Å². The van der Waals surface area contributed by atoms with E-state index in [1.165, 1.54) is 4.88 Å². The number of carbonyl (C=O) groups excluding carboxylic acids is 1. The lowest BCUT2D eigenvalue weighted by Gasteiger charge is -2.23. The first-order valence-corrected chi connectivity index (χ1v) is 8.27. The molecule has 3 nitrogen and oxygen atoms in total. The molecular formula is C17H20N2OS. The number of amides is 2. The first-order valence-electron chi connectivity index (χ1n) is 7.39. The van der Waals surface area contributed by atoms with E-state index in [-0.39, 0.29) is 6.03 Å². The average Bonchev–Trinajstić information content (AvgIpc) is 3.17. The number of aryl methyl sites for hydroxylation is 1. The molecule has 1 heterocycles. The molecular weight excluding hydrogens is 280 g/mol. The van der Waals surface area contributed by atoms with Gasteiger partial charge in [0.2, 0.25) is 0 Å². The average molecular weight is 300 g/mol. The summed E-state index contributed by atoms with van der Waals surface area (Å²) in [6, 6.07) is 12.6. The Morgan fingerprint density at radius 3 is 2.76 bits per heavy atom. The Labute approximate surface area is 129 Å². The third kappa shape index (κ3) is 3.64. The number of hydrogen-bond donors (Lipinski definition) is 1. The summed E-state index contributed by atoms with van der Waals surface area (Å²) in [7, 11) is 0. The molecule has 1 aliphatic rings. The molecule has 0 atom stereocenters. The summed E-state index contributed by atoms with van der Waals surface area (Å²) in [4.78, 5) is 15.9. The van der Waals surface area contributed by atoms with Gasteiger partial charge in [-0.05, 0) is 49.3 Å². The molecule has 1 saturated carbocycles. The van der Waals surface area contributed by atoms with Gasteiger partial charge in [0, 0.05) is 23.2 Å². The molecule has 4 heteroatoms. The van der Waals surface area contributed by atoms with Crippen molar-refractivity contribution in [1.29, 1.82) is 0 Å². The second-order valence-electron chi connectivity index (χ2n) is 5.50. The number of benzene rings is 1. The first kappa shape index (κ1) is 14.1. The van der Waals surface area contributed by atoms with Crippen LogP contribution < -0.4 is 5.32 Å². The second kappa shape index (κ2) is 6.31. The van der Waals surface area contributed by atoms with E-state index >= 15 is 0 Å². The van der Waals surface area contributed by atoms with Crippen molar-refractivity contribution < 1.29 is 4.79 Å². The van der Waals surface area contributed by atoms with Gasteiger partial charge in [-0.1, -0.05) is 24.3 Å². The van der Waals surface area contributed by atoms with Crippen LogP contribution in [0.3, 0.4) is 0 Å². The van der Waals surface area contributed by atoms with Gasteiger partial charge in [-0.3, -0.25) is 0 Å². The minimum Gasteiger partial charge on any atom is -0.321 e. The van der Waals surface area contributed by atoms with E-state index in [0.717, 1.165) is 37.1 Å². The molecule has 0 spiro atoms. The summed E-state index contributed by atoms with van der Waals surface area (Å²) in [6.45, 7) is 2.81. The van der Waals surface area contributed by atoms with Crippen molar-refractivity contribution in [3.63, 3.8) is 0 Å². The van der Waals surface area contributed by atoms with E-state index in [2.05, 4.69) is 22.8 Å². The van der Waals surface area contributed by atoms with E-state index in [4.69, 9.17) is 0 Å². The lowest BCUT2D eigenvalue weighted by molar-refractivity contribution is 0.209. The number of anilines is 1. The van der Waals surface area contributed by atoms with Gasteiger partial charge < -0.3 is 10.2 Å². The zero-order valence-electron chi connectivity index (χ0n) is 12.2. The third-order valence-corrected chi connectivity index (χ3v) is 4.75. The van der Waals surface area contributed by atoms with Gasteiger partial charge in [0.25, 0.3) is 0 Å². The standard InChI is InChI=1S/C17H20N2OS/c1-13-5-2-3-7-16(13)18-17(20)19(14-8-9-14)11-10-15-6-4-12-21-15/h2-7,12,14H,8-11H2,1H3,(H,18,20). The number of urea groups is 1. The van der Waals surface area contributed by atoms with Crippen LogP contribution in [0.4, 0.5) is 10.5 Å². The van der Waals surface area contributed by atoms with E-state index in [0.29, 0.717) is 6.04 Å². The van der Waals surface area contributed by atoms with E-state index in [1.807, 2.05) is 36.1 Å². The molecule has 0 aliphatic heterocycles. The van der Waals surface area contributed by atoms with Gasteiger partial charge in [-0.15, -0.1) is 11.3 Å². The minimum atomic E-state index is 0.0309. The van der Waals surface area contributed by atoms with E-state index < -0.39 is 0 Å². The normalized spacial score (nSPS) is 14.0. The van der Waals surface area contributed by atoms with Gasteiger partial charge in [-0.25, -0.2) is 4.79 Å². The third-order valence-electron chi connectivity index (χ3n) is 3.81. The molecule has 1 aromatic heterocycles. The van der Waals surface area contributed by atoms with Gasteiger partial charge in [0.1, 0.15) is 0 Å². The van der Waals surface area contributed by atoms with Crippen LogP contribution in [0.15, 0.2) is 41.8 Å². The SMILES string of the molecule is Cc1ccccc1NC(=O)N(CCc1cccs1)C1CC1. The van der Waals surface area contributed by atoms with Crippen molar-refractivity contribution in [2.45, 2.75) is 32.2 Å². The molecule has 0 unspecified atom stereocenters. The zero-order valence-corrected chi connectivity index (χ0v) is 13.0. The maximum Gasteiger partial charge on any atom is 0.322 e. The monoisotopic (exact) mass is 300 g/mol. The van der Waals surface area contributed by atoms with Crippen LogP contribution >= 0.6 is 11.3 Å². The summed E-state index contributed by atoms with van der Waals surface area (Å²) in [6.07, 6.45) is 3.20. The highest BCUT2D eigenvalue weighted by Crippen LogP contribution is 2.28. The Morgan fingerprint density at radius 2 is 2.10 bits per heavy atom. The predicted octanol–water partition coefficient (Wildman–Crippen LogP) is 4.30. The second-order valence-corrected chi connectivity index (χ2v) is 6.53. The van der Waals surface area contributed by atoms with Gasteiger partial charge in [-0.2, -0.15) is 0 Å². The van der Waals surface area contributed by atoms with Crippen LogP contribution in [0.2, 0.25) is 0 Å². The molecule has 1 fully saturated rings. The van der Waals surface area contributed by atoms with Gasteiger partial charge in [0.05, 0.1) is 0 Å². The van der Waals surface area contributed by atoms with Crippen molar-refractivity contribution in [2.24, 2.45) is 0 Å². The Balaban J connectivity index is 1.63. The number of thiophene rings is 1. The fraction of sp³-hybridized carbons (Fsp3) is 0.353. The number of para-hydroxylation sites is 1. The fourth-order valence-electron chi connectivity index (χ4n) is 2.42. The van der Waals surface area contributed by atoms with Crippen molar-refractivity contribution in [3.8, 4) is 0 Å². The van der Waals surface area contributed by atoms with Crippen LogP contribution in [0, 0.1) is 6.92 Å². The summed E-state index contributed by atoms with van der Waals surface area (Å²) in [5, 5.41) is 5.14. The molecule has 0 radical (unpaired) electrons. The van der Waals surface area contributed by atoms with Crippen molar-refractivity contribution >= 4 is 23.1 Å². The highest BCUT2D eigenvalue weighted by Gasteiger charge is 2.32. The van der Waals surface area contributed by atoms with E-state index in [9.17, 15) is 4.79 Å². The highest BCUT2D eigenvalue weighted by atomic mass is 32.1. The molecule has 21 heavy (non-hydrogen) atoms. The molecule has 2 amide bonds. The molecule has 3 rings (SSSR count). The lowest BCUT2D eigenvalue weighted by atomic mass is 10.2. The number of nitrogens with one attached hydrogen (secondary N) is 1. The smallest absolute Gasteiger partial charge is 0.321 e. The Kier molecular flexibility index (Phi) is 4.25. The maximum atomic E-state index is 12.5. The highest BCUT2D eigenvalue weighted by molar-refractivity contribution is 7.09. The Bertz CT molecular complexity index is 605. The summed E-state index contributed by atoms with van der Waals surface area (Å²) >= 11 is 1.76. The molecule has 110 valence electrons. The lowest BCUT2D eigenvalue weighted by Crippen LogP contribution is -2.38. The topological polar surface area (TPSA) is 32.3 Å². The molecule has 0 saturated heterocycles. The van der Waals surface area contributed by atoms with Crippen LogP contribution in [0.1, 0.15) is 23.3 Å². The van der Waals surface area contributed by atoms with Crippen LogP contribution in [-0.4, -0.2) is 23.5 Å².